The Hall–Kier alpha value is -1.92. The van der Waals surface area contributed by atoms with E-state index < -0.39 is 0 Å². The highest BCUT2D eigenvalue weighted by atomic mass is 32.1. The van der Waals surface area contributed by atoms with Gasteiger partial charge in [-0.3, -0.25) is 4.79 Å². The summed E-state index contributed by atoms with van der Waals surface area (Å²) in [5.41, 5.74) is 2.82. The predicted octanol–water partition coefficient (Wildman–Crippen LogP) is 3.25. The smallest absolute Gasteiger partial charge is 0.253 e. The van der Waals surface area contributed by atoms with Gasteiger partial charge in [0.15, 0.2) is 5.13 Å². The third-order valence-electron chi connectivity index (χ3n) is 6.22. The Morgan fingerprint density at radius 1 is 1.26 bits per heavy atom. The molecule has 0 radical (unpaired) electrons. The number of rotatable bonds is 2. The monoisotopic (exact) mass is 385 g/mol. The van der Waals surface area contributed by atoms with Crippen molar-refractivity contribution in [3.05, 3.63) is 46.5 Å². The maximum absolute atomic E-state index is 13.1. The van der Waals surface area contributed by atoms with Crippen LogP contribution < -0.4 is 4.90 Å². The highest BCUT2D eigenvalue weighted by Gasteiger charge is 2.46. The summed E-state index contributed by atoms with van der Waals surface area (Å²) in [7, 11) is 0. The van der Waals surface area contributed by atoms with Gasteiger partial charge in [-0.25, -0.2) is 4.98 Å². The van der Waals surface area contributed by atoms with E-state index in [0.717, 1.165) is 55.2 Å². The summed E-state index contributed by atoms with van der Waals surface area (Å²) in [6.45, 7) is 7.06. The molecular weight excluding hydrogens is 358 g/mol. The topological polar surface area (TPSA) is 56.7 Å². The fraction of sp³-hybridized carbons (Fsp3) is 0.524. The minimum absolute atomic E-state index is 0.0794. The standard InChI is InChI=1S/C21H27N3O2S/c1-15-4-5-17(12-16(15)2)19(26)23-9-3-7-21(13-23)14-24(10-6-18(21)25)20-22-8-11-27-20/h4-5,8,11-12,18,25H,3,6-7,9-10,13-14H2,1-2H3/t18-,21+/m1/s1. The van der Waals surface area contributed by atoms with Gasteiger partial charge in [0.05, 0.1) is 6.10 Å². The maximum atomic E-state index is 13.1. The zero-order valence-electron chi connectivity index (χ0n) is 16.0. The van der Waals surface area contributed by atoms with Crippen molar-refractivity contribution < 1.29 is 9.90 Å². The summed E-state index contributed by atoms with van der Waals surface area (Å²) in [6.07, 6.45) is 4.06. The highest BCUT2D eigenvalue weighted by molar-refractivity contribution is 7.13. The summed E-state index contributed by atoms with van der Waals surface area (Å²) in [6, 6.07) is 5.92. The van der Waals surface area contributed by atoms with Crippen LogP contribution in [-0.2, 0) is 0 Å². The first-order chi connectivity index (χ1) is 13.0. The van der Waals surface area contributed by atoms with Gasteiger partial charge in [-0.05, 0) is 56.4 Å². The molecule has 2 atom stereocenters. The molecule has 1 amide bonds. The molecule has 5 nitrogen and oxygen atoms in total. The summed E-state index contributed by atoms with van der Waals surface area (Å²) < 4.78 is 0. The van der Waals surface area contributed by atoms with Crippen LogP contribution in [0.25, 0.3) is 0 Å². The largest absolute Gasteiger partial charge is 0.392 e. The third kappa shape index (κ3) is 3.48. The van der Waals surface area contributed by atoms with Crippen LogP contribution in [-0.4, -0.2) is 53.2 Å². The lowest BCUT2D eigenvalue weighted by Crippen LogP contribution is -2.60. The van der Waals surface area contributed by atoms with E-state index in [9.17, 15) is 9.90 Å². The molecule has 1 N–H and O–H groups in total. The molecule has 0 unspecified atom stereocenters. The average molecular weight is 386 g/mol. The number of hydrogen-bond donors (Lipinski definition) is 1. The number of aliphatic hydroxyl groups excluding tert-OH is 1. The van der Waals surface area contributed by atoms with Crippen LogP contribution in [0.1, 0.15) is 40.7 Å². The molecule has 2 aliphatic rings. The second-order valence-electron chi connectivity index (χ2n) is 8.03. The number of amides is 1. The van der Waals surface area contributed by atoms with E-state index in [1.807, 2.05) is 41.6 Å². The molecule has 1 aromatic carbocycles. The van der Waals surface area contributed by atoms with Gasteiger partial charge in [0.2, 0.25) is 0 Å². The predicted molar refractivity (Wildman–Crippen MR) is 108 cm³/mol. The molecule has 6 heteroatoms. The van der Waals surface area contributed by atoms with Crippen LogP contribution >= 0.6 is 11.3 Å². The van der Waals surface area contributed by atoms with Crippen molar-refractivity contribution in [3.8, 4) is 0 Å². The molecule has 27 heavy (non-hydrogen) atoms. The van der Waals surface area contributed by atoms with Gasteiger partial charge in [0.25, 0.3) is 5.91 Å². The Labute approximate surface area is 164 Å². The zero-order valence-corrected chi connectivity index (χ0v) is 16.8. The molecular formula is C21H27N3O2S. The molecule has 1 aromatic heterocycles. The van der Waals surface area contributed by atoms with Crippen LogP contribution in [0.2, 0.25) is 0 Å². The molecule has 0 saturated carbocycles. The normalized spacial score (nSPS) is 25.8. The fourth-order valence-corrected chi connectivity index (χ4v) is 5.15. The summed E-state index contributed by atoms with van der Waals surface area (Å²) in [5, 5.41) is 13.9. The van der Waals surface area contributed by atoms with Crippen molar-refractivity contribution in [1.29, 1.82) is 0 Å². The number of carbonyl (C=O) groups is 1. The van der Waals surface area contributed by atoms with Crippen molar-refractivity contribution in [2.45, 2.75) is 39.2 Å². The minimum Gasteiger partial charge on any atom is -0.392 e. The van der Waals surface area contributed by atoms with E-state index in [1.165, 1.54) is 5.56 Å². The fourth-order valence-electron chi connectivity index (χ4n) is 4.48. The lowest BCUT2D eigenvalue weighted by Gasteiger charge is -2.51. The number of piperidine rings is 2. The van der Waals surface area contributed by atoms with Gasteiger partial charge in [-0.1, -0.05) is 6.07 Å². The Kier molecular flexibility index (Phi) is 4.95. The minimum atomic E-state index is -0.371. The molecule has 0 bridgehead atoms. The molecule has 2 fully saturated rings. The first kappa shape index (κ1) is 18.4. The van der Waals surface area contributed by atoms with Crippen LogP contribution in [0.3, 0.4) is 0 Å². The third-order valence-corrected chi connectivity index (χ3v) is 7.06. The maximum Gasteiger partial charge on any atom is 0.253 e. The van der Waals surface area contributed by atoms with Crippen LogP contribution in [0.4, 0.5) is 5.13 Å². The highest BCUT2D eigenvalue weighted by Crippen LogP contribution is 2.40. The number of carbonyl (C=O) groups excluding carboxylic acids is 1. The van der Waals surface area contributed by atoms with Crippen molar-refractivity contribution in [2.75, 3.05) is 31.1 Å². The Morgan fingerprint density at radius 3 is 2.85 bits per heavy atom. The van der Waals surface area contributed by atoms with Crippen LogP contribution in [0.15, 0.2) is 29.8 Å². The van der Waals surface area contributed by atoms with Gasteiger partial charge < -0.3 is 14.9 Å². The van der Waals surface area contributed by atoms with E-state index in [-0.39, 0.29) is 17.4 Å². The van der Waals surface area contributed by atoms with Crippen molar-refractivity contribution in [1.82, 2.24) is 9.88 Å². The first-order valence-electron chi connectivity index (χ1n) is 9.68. The molecule has 0 aliphatic carbocycles. The van der Waals surface area contributed by atoms with Crippen LogP contribution in [0.5, 0.6) is 0 Å². The molecule has 4 rings (SSSR count). The van der Waals surface area contributed by atoms with Crippen LogP contribution in [0, 0.1) is 19.3 Å². The number of aromatic nitrogens is 1. The quantitative estimate of drug-likeness (QED) is 0.862. The van der Waals surface area contributed by atoms with E-state index >= 15 is 0 Å². The van der Waals surface area contributed by atoms with Crippen molar-refractivity contribution in [3.63, 3.8) is 0 Å². The summed E-state index contributed by atoms with van der Waals surface area (Å²) in [4.78, 5) is 21.8. The van der Waals surface area contributed by atoms with Gasteiger partial charge >= 0.3 is 0 Å². The van der Waals surface area contributed by atoms with E-state index in [2.05, 4.69) is 16.8 Å². The van der Waals surface area contributed by atoms with Crippen molar-refractivity contribution in [2.24, 2.45) is 5.41 Å². The SMILES string of the molecule is Cc1ccc(C(=O)N2CCC[C@]3(C2)CN(c2nccs2)CC[C@H]3O)cc1C. The number of anilines is 1. The second kappa shape index (κ2) is 7.24. The molecule has 3 heterocycles. The number of benzene rings is 1. The lowest BCUT2D eigenvalue weighted by atomic mass is 9.71. The Balaban J connectivity index is 1.55. The number of aliphatic hydroxyl groups is 1. The van der Waals surface area contributed by atoms with Crippen molar-refractivity contribution >= 4 is 22.4 Å². The summed E-state index contributed by atoms with van der Waals surface area (Å²) in [5.74, 6) is 0.0794. The van der Waals surface area contributed by atoms with Gasteiger partial charge in [-0.2, -0.15) is 0 Å². The van der Waals surface area contributed by atoms with Gasteiger partial charge in [0, 0.05) is 48.7 Å². The van der Waals surface area contributed by atoms with E-state index in [1.54, 1.807) is 11.3 Å². The van der Waals surface area contributed by atoms with E-state index in [4.69, 9.17) is 0 Å². The zero-order chi connectivity index (χ0) is 19.0. The number of hydrogen-bond acceptors (Lipinski definition) is 5. The first-order valence-corrected chi connectivity index (χ1v) is 10.6. The average Bonchev–Trinajstić information content (AvgIpc) is 3.21. The number of nitrogens with zero attached hydrogens (tertiary/aromatic N) is 3. The Bertz CT molecular complexity index is 823. The molecule has 2 aliphatic heterocycles. The molecule has 2 aromatic rings. The second-order valence-corrected chi connectivity index (χ2v) is 8.91. The van der Waals surface area contributed by atoms with Gasteiger partial charge in [0.1, 0.15) is 0 Å². The van der Waals surface area contributed by atoms with Gasteiger partial charge in [-0.15, -0.1) is 11.3 Å². The Morgan fingerprint density at radius 2 is 2.11 bits per heavy atom. The summed E-state index contributed by atoms with van der Waals surface area (Å²) >= 11 is 1.64. The number of likely N-dealkylation sites (tertiary alicyclic amines) is 1. The molecule has 1 spiro atoms. The number of aryl methyl sites for hydroxylation is 2. The molecule has 144 valence electrons. The lowest BCUT2D eigenvalue weighted by molar-refractivity contribution is -0.0361. The number of thiazole rings is 1. The molecule has 2 saturated heterocycles. The van der Waals surface area contributed by atoms with E-state index in [0.29, 0.717) is 6.54 Å².